The molecule has 1 saturated heterocycles. The Labute approximate surface area is 183 Å². The van der Waals surface area contributed by atoms with Crippen LogP contribution in [-0.4, -0.2) is 28.4 Å². The molecule has 3 nitrogen and oxygen atoms in total. The molecule has 0 radical (unpaired) electrons. The summed E-state index contributed by atoms with van der Waals surface area (Å²) in [6, 6.07) is 4.78. The summed E-state index contributed by atoms with van der Waals surface area (Å²) in [6.07, 6.45) is 15.2. The van der Waals surface area contributed by atoms with E-state index in [4.69, 9.17) is 0 Å². The van der Waals surface area contributed by atoms with Gasteiger partial charge in [-0.1, -0.05) is 39.8 Å². The molecule has 2 unspecified atom stereocenters. The van der Waals surface area contributed by atoms with Crippen LogP contribution in [0.5, 0.6) is 0 Å². The third-order valence-electron chi connectivity index (χ3n) is 9.27. The maximum Gasteiger partial charge on any atom is 0.219 e. The number of hydrogen-bond acceptors (Lipinski definition) is 2. The molecule has 30 heavy (non-hydrogen) atoms. The normalized spacial score (nSPS) is 39.6. The van der Waals surface area contributed by atoms with Crippen molar-refractivity contribution in [3.63, 3.8) is 0 Å². The van der Waals surface area contributed by atoms with Crippen molar-refractivity contribution in [2.24, 2.45) is 28.6 Å². The molecule has 164 valence electrons. The predicted octanol–water partition coefficient (Wildman–Crippen LogP) is 6.35. The first kappa shape index (κ1) is 21.6. The zero-order valence-corrected chi connectivity index (χ0v) is 19.7. The van der Waals surface area contributed by atoms with Crippen molar-refractivity contribution < 1.29 is 4.79 Å². The second kappa shape index (κ2) is 8.13. The van der Waals surface area contributed by atoms with Crippen molar-refractivity contribution >= 4 is 11.5 Å². The molecule has 2 saturated carbocycles. The van der Waals surface area contributed by atoms with E-state index in [1.807, 2.05) is 20.0 Å². The number of likely N-dealkylation sites (tertiary alicyclic amines) is 1. The Morgan fingerprint density at radius 2 is 1.93 bits per heavy atom. The number of carbonyl (C=O) groups is 1. The molecule has 0 spiro atoms. The number of fused-ring (bicyclic) bond motifs is 5. The van der Waals surface area contributed by atoms with Crippen molar-refractivity contribution in [1.29, 1.82) is 0 Å². The summed E-state index contributed by atoms with van der Waals surface area (Å²) in [7, 11) is 0. The monoisotopic (exact) mass is 408 g/mol. The summed E-state index contributed by atoms with van der Waals surface area (Å²) in [4.78, 5) is 18.9. The molecule has 5 rings (SSSR count). The maximum absolute atomic E-state index is 12.3. The molecule has 0 N–H and O–H groups in total. The first-order valence-corrected chi connectivity index (χ1v) is 12.3. The number of nitrogens with zero attached hydrogens (tertiary/aromatic N) is 2. The molecular weight excluding hydrogens is 368 g/mol. The molecule has 0 bridgehead atoms. The quantitative estimate of drug-likeness (QED) is 0.542. The minimum atomic E-state index is 0.288. The molecule has 3 aliphatic carbocycles. The van der Waals surface area contributed by atoms with Crippen LogP contribution < -0.4 is 0 Å². The number of pyridine rings is 1. The van der Waals surface area contributed by atoms with E-state index in [0.717, 1.165) is 24.3 Å². The summed E-state index contributed by atoms with van der Waals surface area (Å²) < 4.78 is 0. The molecule has 1 aromatic heterocycles. The standard InChI is InChI=1S/C25H34N2O.C2H6/c1-17(28)27-15-5-12-25(3)22-11-13-24(2)20(18-6-4-14-26-16-18)8-9-21(24)19(22)7-10-23(25)27;1-2/h4,6,8,14,16,19,21-23H,5,7,9-13,15H2,1-3H3;1-2H3/t19-,21-,22?,23?,24+,25+;/m0./s1. The zero-order chi connectivity index (χ0) is 21.5. The second-order valence-electron chi connectivity index (χ2n) is 10.3. The van der Waals surface area contributed by atoms with Gasteiger partial charge in [-0.05, 0) is 90.7 Å². The topological polar surface area (TPSA) is 33.2 Å². The smallest absolute Gasteiger partial charge is 0.219 e. The lowest BCUT2D eigenvalue weighted by Crippen LogP contribution is -2.61. The highest BCUT2D eigenvalue weighted by Crippen LogP contribution is 2.66. The molecule has 1 aromatic rings. The van der Waals surface area contributed by atoms with Crippen LogP contribution in [-0.2, 0) is 4.79 Å². The Kier molecular flexibility index (Phi) is 5.85. The predicted molar refractivity (Wildman–Crippen MR) is 124 cm³/mol. The average molecular weight is 409 g/mol. The van der Waals surface area contributed by atoms with Gasteiger partial charge >= 0.3 is 0 Å². The number of rotatable bonds is 1. The van der Waals surface area contributed by atoms with Crippen LogP contribution in [0.2, 0.25) is 0 Å². The maximum atomic E-state index is 12.3. The fourth-order valence-corrected chi connectivity index (χ4v) is 8.00. The van der Waals surface area contributed by atoms with Crippen molar-refractivity contribution in [2.45, 2.75) is 85.6 Å². The van der Waals surface area contributed by atoms with Crippen LogP contribution in [0.25, 0.3) is 5.57 Å². The van der Waals surface area contributed by atoms with Crippen molar-refractivity contribution in [3.05, 3.63) is 36.2 Å². The number of hydrogen-bond donors (Lipinski definition) is 0. The summed E-state index contributed by atoms with van der Waals surface area (Å²) >= 11 is 0. The highest BCUT2D eigenvalue weighted by molar-refractivity contribution is 5.74. The molecule has 2 heterocycles. The van der Waals surface area contributed by atoms with Crippen molar-refractivity contribution in [2.75, 3.05) is 6.54 Å². The molecule has 3 fully saturated rings. The van der Waals surface area contributed by atoms with E-state index < -0.39 is 0 Å². The van der Waals surface area contributed by atoms with Crippen LogP contribution in [0.4, 0.5) is 0 Å². The number of aromatic nitrogens is 1. The fourth-order valence-electron chi connectivity index (χ4n) is 8.00. The molecule has 6 atom stereocenters. The van der Waals surface area contributed by atoms with Gasteiger partial charge in [0.1, 0.15) is 0 Å². The lowest BCUT2D eigenvalue weighted by Gasteiger charge is -2.62. The molecule has 1 amide bonds. The van der Waals surface area contributed by atoms with Crippen LogP contribution in [0.3, 0.4) is 0 Å². The largest absolute Gasteiger partial charge is 0.339 e. The molecule has 1 aliphatic heterocycles. The highest BCUT2D eigenvalue weighted by atomic mass is 16.2. The Morgan fingerprint density at radius 1 is 1.13 bits per heavy atom. The molecular formula is C27H40N2O. The first-order chi connectivity index (χ1) is 14.4. The van der Waals surface area contributed by atoms with E-state index in [9.17, 15) is 4.79 Å². The summed E-state index contributed by atoms with van der Waals surface area (Å²) in [5, 5.41) is 0. The Balaban J connectivity index is 0.00000106. The Morgan fingerprint density at radius 3 is 2.63 bits per heavy atom. The van der Waals surface area contributed by atoms with Crippen LogP contribution in [0.1, 0.15) is 85.1 Å². The van der Waals surface area contributed by atoms with Crippen LogP contribution in [0, 0.1) is 28.6 Å². The number of carbonyl (C=O) groups excluding carboxylic acids is 1. The van der Waals surface area contributed by atoms with Crippen LogP contribution in [0.15, 0.2) is 30.6 Å². The van der Waals surface area contributed by atoms with Crippen molar-refractivity contribution in [1.82, 2.24) is 9.88 Å². The van der Waals surface area contributed by atoms with Gasteiger partial charge in [-0.15, -0.1) is 0 Å². The van der Waals surface area contributed by atoms with Gasteiger partial charge in [0.25, 0.3) is 0 Å². The van der Waals surface area contributed by atoms with Gasteiger partial charge in [0.2, 0.25) is 5.91 Å². The third kappa shape index (κ3) is 3.15. The number of piperidine rings is 1. The van der Waals surface area contributed by atoms with Gasteiger partial charge in [0.15, 0.2) is 0 Å². The van der Waals surface area contributed by atoms with Crippen LogP contribution >= 0.6 is 0 Å². The second-order valence-corrected chi connectivity index (χ2v) is 10.3. The zero-order valence-electron chi connectivity index (χ0n) is 19.7. The van der Waals surface area contributed by atoms with E-state index in [1.165, 1.54) is 50.5 Å². The van der Waals surface area contributed by atoms with Gasteiger partial charge in [-0.25, -0.2) is 0 Å². The molecule has 0 aromatic carbocycles. The fraction of sp³-hybridized carbons (Fsp3) is 0.704. The SMILES string of the molecule is CC.CC(=O)N1CCC[C@]2(C)C3CC[C@]4(C)C(c5cccnc5)=CC[C@H]4[C@@H]3CCC12. The minimum absolute atomic E-state index is 0.288. The summed E-state index contributed by atoms with van der Waals surface area (Å²) in [5.41, 5.74) is 3.48. The average Bonchev–Trinajstić information content (AvgIpc) is 3.12. The van der Waals surface area contributed by atoms with E-state index >= 15 is 0 Å². The van der Waals surface area contributed by atoms with Gasteiger partial charge in [-0.2, -0.15) is 0 Å². The highest BCUT2D eigenvalue weighted by Gasteiger charge is 2.59. The van der Waals surface area contributed by atoms with E-state index in [1.54, 1.807) is 12.5 Å². The van der Waals surface area contributed by atoms with Gasteiger partial charge < -0.3 is 4.90 Å². The number of amides is 1. The summed E-state index contributed by atoms with van der Waals surface area (Å²) in [5.74, 6) is 2.62. The Hall–Kier alpha value is -1.64. The molecule has 3 heteroatoms. The lowest BCUT2D eigenvalue weighted by atomic mass is 9.46. The van der Waals surface area contributed by atoms with E-state index in [-0.39, 0.29) is 5.91 Å². The van der Waals surface area contributed by atoms with Crippen molar-refractivity contribution in [3.8, 4) is 0 Å². The van der Waals surface area contributed by atoms with Gasteiger partial charge in [0.05, 0.1) is 0 Å². The van der Waals surface area contributed by atoms with Gasteiger partial charge in [0, 0.05) is 31.9 Å². The lowest BCUT2D eigenvalue weighted by molar-refractivity contribution is -0.151. The van der Waals surface area contributed by atoms with E-state index in [2.05, 4.69) is 48.1 Å². The first-order valence-electron chi connectivity index (χ1n) is 12.3. The minimum Gasteiger partial charge on any atom is -0.339 e. The molecule has 4 aliphatic rings. The third-order valence-corrected chi connectivity index (χ3v) is 9.27. The Bertz CT molecular complexity index is 802. The van der Waals surface area contributed by atoms with E-state index in [0.29, 0.717) is 16.9 Å². The summed E-state index contributed by atoms with van der Waals surface area (Å²) in [6.45, 7) is 11.8. The number of allylic oxidation sites excluding steroid dienone is 2. The van der Waals surface area contributed by atoms with Gasteiger partial charge in [-0.3, -0.25) is 9.78 Å².